The van der Waals surface area contributed by atoms with Crippen LogP contribution in [0.25, 0.3) is 0 Å². The molecule has 4 N–H and O–H groups in total. The second-order valence-electron chi connectivity index (χ2n) is 17.4. The molecule has 15 nitrogen and oxygen atoms in total. The summed E-state index contributed by atoms with van der Waals surface area (Å²) in [5.41, 5.74) is 3.48. The number of para-hydroxylation sites is 1. The first-order valence-corrected chi connectivity index (χ1v) is 23.3. The quantitative estimate of drug-likeness (QED) is 0.0820. The van der Waals surface area contributed by atoms with Crippen LogP contribution in [-0.2, 0) is 48.0 Å². The van der Waals surface area contributed by atoms with Crippen LogP contribution in [-0.4, -0.2) is 145 Å². The van der Waals surface area contributed by atoms with Gasteiger partial charge < -0.3 is 49.6 Å². The Morgan fingerprint density at radius 2 is 1.64 bits per heavy atom. The normalized spacial score (nSPS) is 17.4. The van der Waals surface area contributed by atoms with E-state index in [0.717, 1.165) is 75.9 Å². The molecule has 7 rings (SSSR count). The Balaban J connectivity index is 0.000000980. The summed E-state index contributed by atoms with van der Waals surface area (Å²) in [6.45, 7) is 7.84. The number of amides is 3. The number of nitrogens with zero attached hydrogens (tertiary/aromatic N) is 3. The van der Waals surface area contributed by atoms with Crippen molar-refractivity contribution in [2.24, 2.45) is 0 Å². The number of piperidine rings is 1. The van der Waals surface area contributed by atoms with E-state index >= 15 is 0 Å². The number of halogens is 3. The summed E-state index contributed by atoms with van der Waals surface area (Å²) in [5.74, 6) is -1.46. The predicted molar refractivity (Wildman–Crippen MR) is 243 cm³/mol. The number of carbonyl (C=O) groups excluding carboxylic acids is 3. The van der Waals surface area contributed by atoms with Crippen molar-refractivity contribution >= 4 is 29.4 Å². The molecule has 3 aliphatic heterocycles. The van der Waals surface area contributed by atoms with Crippen LogP contribution in [0.1, 0.15) is 74.5 Å². The number of hydrogen-bond acceptors (Lipinski definition) is 11. The number of carboxylic acids is 1. The third-order valence-corrected chi connectivity index (χ3v) is 12.6. The molecule has 0 unspecified atom stereocenters. The molecule has 366 valence electrons. The molecule has 67 heavy (non-hydrogen) atoms. The van der Waals surface area contributed by atoms with E-state index in [4.69, 9.17) is 28.8 Å². The van der Waals surface area contributed by atoms with Crippen molar-refractivity contribution in [3.8, 4) is 17.2 Å². The lowest BCUT2D eigenvalue weighted by atomic mass is 9.89. The maximum absolute atomic E-state index is 13.6. The van der Waals surface area contributed by atoms with Crippen LogP contribution in [0.3, 0.4) is 0 Å². The van der Waals surface area contributed by atoms with Gasteiger partial charge in [0.25, 0.3) is 5.91 Å². The van der Waals surface area contributed by atoms with Gasteiger partial charge in [-0.25, -0.2) is 4.79 Å². The van der Waals surface area contributed by atoms with E-state index in [1.54, 1.807) is 6.07 Å². The molecule has 1 aliphatic carbocycles. The number of aliphatic carboxylic acids is 1. The summed E-state index contributed by atoms with van der Waals surface area (Å²) >= 11 is 0. The van der Waals surface area contributed by atoms with Crippen LogP contribution >= 0.6 is 0 Å². The molecule has 0 bridgehead atoms. The number of fused-ring (bicyclic) bond motifs is 1. The van der Waals surface area contributed by atoms with E-state index in [-0.39, 0.29) is 41.7 Å². The number of morpholine rings is 1. The molecule has 3 heterocycles. The molecule has 1 saturated carbocycles. The number of phenolic OH excluding ortho intramolecular Hbond substituents is 1. The largest absolute Gasteiger partial charge is 0.506 e. The van der Waals surface area contributed by atoms with Gasteiger partial charge in [-0.3, -0.25) is 19.3 Å². The summed E-state index contributed by atoms with van der Waals surface area (Å²) < 4.78 is 55.5. The number of anilines is 1. The minimum Gasteiger partial charge on any atom is -0.506 e. The first-order valence-electron chi connectivity index (χ1n) is 23.3. The second-order valence-corrected chi connectivity index (χ2v) is 17.4. The SMILES string of the molecule is O=C(O)C(F)(F)F.O=C1COc2c(CCNCCN(C(=O)CCOCCc3cccc(CN4CCC5(CC4)CN(C(=O)CCOc4ccccc4)CCO5)c3)C3CCCCC3)ccc(O)c2N1. The number of alkyl halides is 3. The summed E-state index contributed by atoms with van der Waals surface area (Å²) in [5, 5.41) is 23.5. The Morgan fingerprint density at radius 3 is 2.39 bits per heavy atom. The first kappa shape index (κ1) is 51.0. The molecule has 0 aromatic heterocycles. The Bertz CT molecular complexity index is 2080. The van der Waals surface area contributed by atoms with Gasteiger partial charge in [-0.1, -0.05) is 67.8 Å². The Hall–Kier alpha value is -5.43. The molecular formula is C49H64F3N5O10. The number of carboxylic acid groups (broad SMARTS) is 1. The van der Waals surface area contributed by atoms with Crippen LogP contribution in [0, 0.1) is 0 Å². The zero-order chi connectivity index (χ0) is 47.7. The second kappa shape index (κ2) is 25.1. The Morgan fingerprint density at radius 1 is 0.896 bits per heavy atom. The first-order chi connectivity index (χ1) is 32.3. The minimum absolute atomic E-state index is 0.00500. The Kier molecular flexibility index (Phi) is 19.1. The summed E-state index contributed by atoms with van der Waals surface area (Å²) in [4.78, 5) is 53.8. The highest BCUT2D eigenvalue weighted by Gasteiger charge is 2.41. The lowest BCUT2D eigenvalue weighted by Crippen LogP contribution is -2.58. The molecule has 1 spiro atoms. The minimum atomic E-state index is -5.08. The maximum Gasteiger partial charge on any atom is 0.490 e. The van der Waals surface area contributed by atoms with Crippen molar-refractivity contribution < 1.29 is 61.5 Å². The van der Waals surface area contributed by atoms with Crippen molar-refractivity contribution in [1.82, 2.24) is 20.0 Å². The third kappa shape index (κ3) is 15.8. The summed E-state index contributed by atoms with van der Waals surface area (Å²) in [6.07, 6.45) is 4.53. The van der Waals surface area contributed by atoms with Crippen molar-refractivity contribution in [1.29, 1.82) is 0 Å². The molecule has 3 fully saturated rings. The molecule has 0 radical (unpaired) electrons. The topological polar surface area (TPSA) is 179 Å². The van der Waals surface area contributed by atoms with E-state index < -0.39 is 12.1 Å². The van der Waals surface area contributed by atoms with Gasteiger partial charge in [-0.2, -0.15) is 13.2 Å². The average Bonchev–Trinajstić information content (AvgIpc) is 3.32. The highest BCUT2D eigenvalue weighted by atomic mass is 19.4. The standard InChI is InChI=1S/C47H63N5O8.C2HF3O2/c53-41-15-14-38(46-45(41)49-42(54)34-59-46)16-22-48-23-26-52(39-10-3-1-4-11-39)44(56)18-29-57-28-17-36-8-7-9-37(32-36)33-50-24-20-47(21-25-50)35-51(27-31-60-47)43(55)19-30-58-40-12-5-2-6-13-40;3-2(4,5)1(6)7/h2,5-9,12-15,32,39,48,53H,1,3-4,10-11,16-31,33-35H2,(H,49,54);(H,6,7). The van der Waals surface area contributed by atoms with Gasteiger partial charge >= 0.3 is 12.1 Å². The predicted octanol–water partition coefficient (Wildman–Crippen LogP) is 5.96. The van der Waals surface area contributed by atoms with Gasteiger partial charge in [-0.15, -0.1) is 0 Å². The van der Waals surface area contributed by atoms with Gasteiger partial charge in [0.2, 0.25) is 11.8 Å². The highest BCUT2D eigenvalue weighted by molar-refractivity contribution is 5.97. The zero-order valence-corrected chi connectivity index (χ0v) is 38.0. The molecular weight excluding hydrogens is 876 g/mol. The van der Waals surface area contributed by atoms with Gasteiger partial charge in [0.1, 0.15) is 17.2 Å². The van der Waals surface area contributed by atoms with E-state index in [1.807, 2.05) is 41.3 Å². The monoisotopic (exact) mass is 939 g/mol. The fourth-order valence-electron chi connectivity index (χ4n) is 9.01. The van der Waals surface area contributed by atoms with E-state index in [9.17, 15) is 32.7 Å². The summed E-state index contributed by atoms with van der Waals surface area (Å²) in [6, 6.07) is 22.0. The van der Waals surface area contributed by atoms with Gasteiger partial charge in [0.15, 0.2) is 12.4 Å². The van der Waals surface area contributed by atoms with E-state index in [1.165, 1.54) is 17.5 Å². The van der Waals surface area contributed by atoms with E-state index in [2.05, 4.69) is 44.7 Å². The number of nitrogens with one attached hydrogen (secondary N) is 2. The van der Waals surface area contributed by atoms with E-state index in [0.29, 0.717) is 89.9 Å². The summed E-state index contributed by atoms with van der Waals surface area (Å²) in [7, 11) is 0. The van der Waals surface area contributed by atoms with Crippen molar-refractivity contribution in [3.63, 3.8) is 0 Å². The number of hydrogen-bond donors (Lipinski definition) is 4. The van der Waals surface area contributed by atoms with Crippen LogP contribution in [0.4, 0.5) is 18.9 Å². The number of benzene rings is 3. The lowest BCUT2D eigenvalue weighted by Gasteiger charge is -2.47. The van der Waals surface area contributed by atoms with Crippen molar-refractivity contribution in [2.45, 2.75) is 95.0 Å². The number of phenols is 1. The smallest absolute Gasteiger partial charge is 0.490 e. The number of ether oxygens (including phenoxy) is 4. The zero-order valence-electron chi connectivity index (χ0n) is 38.0. The molecule has 4 aliphatic rings. The maximum atomic E-state index is 13.6. The molecule has 0 atom stereocenters. The van der Waals surface area contributed by atoms with Crippen LogP contribution in [0.5, 0.6) is 17.2 Å². The van der Waals surface area contributed by atoms with Gasteiger partial charge in [0.05, 0.1) is 44.9 Å². The average molecular weight is 940 g/mol. The number of likely N-dealkylation sites (tertiary alicyclic amines) is 1. The fourth-order valence-corrected chi connectivity index (χ4v) is 9.01. The van der Waals surface area contributed by atoms with Crippen molar-refractivity contribution in [3.05, 3.63) is 83.4 Å². The van der Waals surface area contributed by atoms with Crippen molar-refractivity contribution in [2.75, 3.05) is 84.2 Å². The molecule has 18 heteroatoms. The highest BCUT2D eigenvalue weighted by Crippen LogP contribution is 2.39. The van der Waals surface area contributed by atoms with Gasteiger partial charge in [0, 0.05) is 51.9 Å². The lowest BCUT2D eigenvalue weighted by molar-refractivity contribution is -0.192. The van der Waals surface area contributed by atoms with Crippen LogP contribution in [0.15, 0.2) is 66.7 Å². The molecule has 2 saturated heterocycles. The Labute approximate surface area is 389 Å². The number of carbonyl (C=O) groups is 4. The number of rotatable bonds is 19. The van der Waals surface area contributed by atoms with Crippen LogP contribution in [0.2, 0.25) is 0 Å². The molecule has 3 aromatic rings. The third-order valence-electron chi connectivity index (χ3n) is 12.6. The fraction of sp³-hybridized carbons (Fsp3) is 0.551. The number of aromatic hydroxyl groups is 1. The van der Waals surface area contributed by atoms with Crippen LogP contribution < -0.4 is 20.1 Å². The molecule has 3 amide bonds. The molecule has 3 aromatic carbocycles. The van der Waals surface area contributed by atoms with Gasteiger partial charge in [-0.05, 0) is 80.0 Å².